The molecule has 0 radical (unpaired) electrons. The van der Waals surface area contributed by atoms with Crippen LogP contribution in [0.2, 0.25) is 0 Å². The van der Waals surface area contributed by atoms with E-state index in [4.69, 9.17) is 0 Å². The lowest BCUT2D eigenvalue weighted by Gasteiger charge is -2.32. The number of rotatable bonds is 5. The zero-order valence-corrected chi connectivity index (χ0v) is 16.3. The molecule has 1 atom stereocenters. The van der Waals surface area contributed by atoms with Gasteiger partial charge in [-0.1, -0.05) is 105 Å². The molecule has 0 aliphatic heterocycles. The predicted molar refractivity (Wildman–Crippen MR) is 112 cm³/mol. The summed E-state index contributed by atoms with van der Waals surface area (Å²) in [6.45, 7) is 4.37. The van der Waals surface area contributed by atoms with Crippen molar-refractivity contribution in [3.05, 3.63) is 102 Å². The van der Waals surface area contributed by atoms with E-state index in [9.17, 15) is 5.11 Å². The minimum absolute atomic E-state index is 0.364. The lowest BCUT2D eigenvalue weighted by Crippen LogP contribution is -2.67. The van der Waals surface area contributed by atoms with Gasteiger partial charge >= 0.3 is 0 Å². The van der Waals surface area contributed by atoms with Gasteiger partial charge in [0.25, 0.3) is 0 Å². The van der Waals surface area contributed by atoms with Gasteiger partial charge in [0.05, 0.1) is 6.10 Å². The van der Waals surface area contributed by atoms with Crippen molar-refractivity contribution < 1.29 is 5.11 Å². The standard InChI is InChI=1S/C24H24OSi/c1-18(2)22-23(25)24(22)26(19-12-6-3-7-13-19,20-14-8-4-9-15-20)21-16-10-5-11-17-21/h3-18,23,25H,1-2H3. The highest BCUT2D eigenvalue weighted by Crippen LogP contribution is 2.43. The van der Waals surface area contributed by atoms with Gasteiger partial charge in [0, 0.05) is 0 Å². The van der Waals surface area contributed by atoms with Crippen LogP contribution in [0, 0.1) is 5.92 Å². The van der Waals surface area contributed by atoms with Crippen LogP contribution in [0.15, 0.2) is 102 Å². The monoisotopic (exact) mass is 356 g/mol. The largest absolute Gasteiger partial charge is 0.385 e. The average molecular weight is 357 g/mol. The van der Waals surface area contributed by atoms with E-state index in [2.05, 4.69) is 105 Å². The van der Waals surface area contributed by atoms with Crippen LogP contribution in [-0.4, -0.2) is 19.3 Å². The summed E-state index contributed by atoms with van der Waals surface area (Å²) in [5.41, 5.74) is 1.23. The molecule has 0 amide bonds. The van der Waals surface area contributed by atoms with Gasteiger partial charge in [0.2, 0.25) is 0 Å². The quantitative estimate of drug-likeness (QED) is 0.550. The number of benzene rings is 3. The van der Waals surface area contributed by atoms with E-state index in [0.717, 1.165) is 0 Å². The van der Waals surface area contributed by atoms with E-state index in [-0.39, 0.29) is 6.10 Å². The highest BCUT2D eigenvalue weighted by atomic mass is 28.3. The van der Waals surface area contributed by atoms with Crippen molar-refractivity contribution in [2.75, 3.05) is 0 Å². The second kappa shape index (κ2) is 6.71. The molecule has 0 saturated heterocycles. The molecule has 1 aliphatic rings. The highest BCUT2D eigenvalue weighted by molar-refractivity contribution is 7.17. The van der Waals surface area contributed by atoms with E-state index in [1.807, 2.05) is 0 Å². The molecule has 0 aromatic heterocycles. The predicted octanol–water partition coefficient (Wildman–Crippen LogP) is 3.02. The fourth-order valence-electron chi connectivity index (χ4n) is 4.31. The first-order valence-corrected chi connectivity index (χ1v) is 11.3. The van der Waals surface area contributed by atoms with Crippen LogP contribution in [0.25, 0.3) is 0 Å². The van der Waals surface area contributed by atoms with Crippen LogP contribution < -0.4 is 15.6 Å². The van der Waals surface area contributed by atoms with E-state index in [0.29, 0.717) is 5.92 Å². The van der Waals surface area contributed by atoms with Crippen LogP contribution in [0.5, 0.6) is 0 Å². The fraction of sp³-hybridized carbons (Fsp3) is 0.167. The Hall–Kier alpha value is -2.42. The van der Waals surface area contributed by atoms with Gasteiger partial charge in [0.1, 0.15) is 0 Å². The van der Waals surface area contributed by atoms with Gasteiger partial charge in [-0.15, -0.1) is 0 Å². The van der Waals surface area contributed by atoms with Crippen molar-refractivity contribution in [1.82, 2.24) is 0 Å². The van der Waals surface area contributed by atoms with Crippen molar-refractivity contribution in [2.45, 2.75) is 20.0 Å². The van der Waals surface area contributed by atoms with Crippen molar-refractivity contribution in [3.63, 3.8) is 0 Å². The number of aliphatic hydroxyl groups is 1. The molecule has 0 fully saturated rings. The fourth-order valence-corrected chi connectivity index (χ4v) is 9.67. The average Bonchev–Trinajstić information content (AvgIpc) is 3.37. The van der Waals surface area contributed by atoms with E-state index in [1.54, 1.807) is 0 Å². The molecule has 1 aliphatic carbocycles. The summed E-state index contributed by atoms with van der Waals surface area (Å²) in [5.74, 6) is 0.364. The molecule has 0 spiro atoms. The molecule has 1 N–H and O–H groups in total. The minimum atomic E-state index is -2.45. The zero-order chi connectivity index (χ0) is 18.1. The maximum Gasteiger partial charge on any atom is 0.178 e. The third-order valence-electron chi connectivity index (χ3n) is 5.44. The van der Waals surface area contributed by atoms with Gasteiger partial charge in [0.15, 0.2) is 8.07 Å². The first-order valence-electron chi connectivity index (χ1n) is 9.26. The molecule has 130 valence electrons. The summed E-state index contributed by atoms with van der Waals surface area (Å²) < 4.78 is 0. The Kier molecular flexibility index (Phi) is 4.39. The Balaban J connectivity index is 2.09. The number of hydrogen-bond acceptors (Lipinski definition) is 1. The molecule has 0 bridgehead atoms. The summed E-state index contributed by atoms with van der Waals surface area (Å²) in [6.07, 6.45) is -0.387. The molecule has 2 heteroatoms. The second-order valence-electron chi connectivity index (χ2n) is 7.27. The molecule has 0 heterocycles. The van der Waals surface area contributed by atoms with Crippen LogP contribution in [-0.2, 0) is 0 Å². The number of aliphatic hydroxyl groups excluding tert-OH is 1. The number of hydrogen-bond donors (Lipinski definition) is 1. The molecule has 3 aromatic carbocycles. The van der Waals surface area contributed by atoms with Gasteiger partial charge in [-0.2, -0.15) is 0 Å². The highest BCUT2D eigenvalue weighted by Gasteiger charge is 2.54. The van der Waals surface area contributed by atoms with Crippen LogP contribution in [0.1, 0.15) is 13.8 Å². The summed E-state index contributed by atoms with van der Waals surface area (Å²) in [7, 11) is -2.45. The molecule has 1 nitrogen and oxygen atoms in total. The Morgan fingerprint density at radius 1 is 0.654 bits per heavy atom. The summed E-state index contributed by atoms with van der Waals surface area (Å²) in [5, 5.41) is 16.2. The Morgan fingerprint density at radius 3 is 1.27 bits per heavy atom. The van der Waals surface area contributed by atoms with Crippen LogP contribution >= 0.6 is 0 Å². The normalized spacial score (nSPS) is 16.8. The zero-order valence-electron chi connectivity index (χ0n) is 15.3. The summed E-state index contributed by atoms with van der Waals surface area (Å²) in [6, 6.07) is 32.3. The van der Waals surface area contributed by atoms with E-state index >= 15 is 0 Å². The van der Waals surface area contributed by atoms with Gasteiger partial charge < -0.3 is 5.11 Å². The molecule has 4 rings (SSSR count). The van der Waals surface area contributed by atoms with Crippen LogP contribution in [0.4, 0.5) is 0 Å². The Labute approximate surface area is 156 Å². The van der Waals surface area contributed by atoms with Gasteiger partial charge in [-0.05, 0) is 32.2 Å². The molecular formula is C24H24OSi. The minimum Gasteiger partial charge on any atom is -0.385 e. The molecule has 1 unspecified atom stereocenters. The SMILES string of the molecule is CC(C)C1=C([Si](c2ccccc2)(c2ccccc2)c2ccccc2)C1O. The second-order valence-corrected chi connectivity index (χ2v) is 11.0. The smallest absolute Gasteiger partial charge is 0.178 e. The van der Waals surface area contributed by atoms with Crippen molar-refractivity contribution in [3.8, 4) is 0 Å². The van der Waals surface area contributed by atoms with E-state index in [1.165, 1.54) is 26.3 Å². The summed E-state index contributed by atoms with van der Waals surface area (Å²) >= 11 is 0. The van der Waals surface area contributed by atoms with E-state index < -0.39 is 8.07 Å². The van der Waals surface area contributed by atoms with Crippen molar-refractivity contribution in [1.29, 1.82) is 0 Å². The first-order chi connectivity index (χ1) is 12.7. The lowest BCUT2D eigenvalue weighted by molar-refractivity contribution is 0.285. The molecular weight excluding hydrogens is 332 g/mol. The Bertz CT molecular complexity index is 818. The third-order valence-corrected chi connectivity index (χ3v) is 10.4. The summed E-state index contributed by atoms with van der Waals surface area (Å²) in [4.78, 5) is 0. The first kappa shape index (κ1) is 17.0. The Morgan fingerprint density at radius 2 is 1.00 bits per heavy atom. The lowest BCUT2D eigenvalue weighted by atomic mass is 10.1. The molecule has 0 saturated carbocycles. The van der Waals surface area contributed by atoms with Crippen molar-refractivity contribution >= 4 is 23.6 Å². The van der Waals surface area contributed by atoms with Crippen molar-refractivity contribution in [2.24, 2.45) is 5.92 Å². The van der Waals surface area contributed by atoms with Crippen LogP contribution in [0.3, 0.4) is 0 Å². The topological polar surface area (TPSA) is 20.2 Å². The maximum absolute atomic E-state index is 10.9. The molecule has 3 aromatic rings. The third kappa shape index (κ3) is 2.57. The molecule has 26 heavy (non-hydrogen) atoms. The van der Waals surface area contributed by atoms with Gasteiger partial charge in [-0.25, -0.2) is 0 Å². The maximum atomic E-state index is 10.9. The van der Waals surface area contributed by atoms with Gasteiger partial charge in [-0.3, -0.25) is 0 Å².